The fourth-order valence-electron chi connectivity index (χ4n) is 2.85. The average molecular weight is 372 g/mol. The predicted octanol–water partition coefficient (Wildman–Crippen LogP) is 3.19. The summed E-state index contributed by atoms with van der Waals surface area (Å²) < 4.78 is 47.3. The number of anilines is 1. The van der Waals surface area contributed by atoms with Crippen LogP contribution in [-0.4, -0.2) is 35.9 Å². The Morgan fingerprint density at radius 3 is 2.42 bits per heavy atom. The van der Waals surface area contributed by atoms with Crippen molar-refractivity contribution in [1.29, 1.82) is 0 Å². The van der Waals surface area contributed by atoms with Crippen LogP contribution in [-0.2, 0) is 19.7 Å². The molecule has 0 unspecified atom stereocenters. The SMILES string of the molecule is CS(=O)(=O)c1ccc(NCCC2=CCCCCC2)c(S(C)(=O)=O)c1. The highest BCUT2D eigenvalue weighted by molar-refractivity contribution is 7.91. The minimum Gasteiger partial charge on any atom is -0.384 e. The zero-order valence-electron chi connectivity index (χ0n) is 14.2. The first-order valence-corrected chi connectivity index (χ1v) is 11.9. The van der Waals surface area contributed by atoms with Gasteiger partial charge in [0, 0.05) is 19.1 Å². The molecule has 2 rings (SSSR count). The van der Waals surface area contributed by atoms with E-state index in [1.807, 2.05) is 0 Å². The standard InChI is InChI=1S/C17H25NO4S2/c1-23(19,20)15-9-10-16(17(13-15)24(2,21)22)18-12-11-14-7-5-3-4-6-8-14/h7,9-10,13,18H,3-6,8,11-12H2,1-2H3. The van der Waals surface area contributed by atoms with Gasteiger partial charge in [0.15, 0.2) is 19.7 Å². The Morgan fingerprint density at radius 1 is 1.00 bits per heavy atom. The summed E-state index contributed by atoms with van der Waals surface area (Å²) in [6.07, 6.45) is 11.3. The maximum absolute atomic E-state index is 12.0. The second-order valence-electron chi connectivity index (χ2n) is 6.34. The van der Waals surface area contributed by atoms with Crippen molar-refractivity contribution >= 4 is 25.4 Å². The third-order valence-electron chi connectivity index (χ3n) is 4.18. The molecule has 24 heavy (non-hydrogen) atoms. The quantitative estimate of drug-likeness (QED) is 0.777. The van der Waals surface area contributed by atoms with Crippen molar-refractivity contribution < 1.29 is 16.8 Å². The smallest absolute Gasteiger partial charge is 0.177 e. The average Bonchev–Trinajstić information content (AvgIpc) is 2.74. The van der Waals surface area contributed by atoms with Gasteiger partial charge in [-0.1, -0.05) is 18.1 Å². The first-order chi connectivity index (χ1) is 11.2. The van der Waals surface area contributed by atoms with E-state index < -0.39 is 19.7 Å². The summed E-state index contributed by atoms with van der Waals surface area (Å²) in [6.45, 7) is 0.632. The van der Waals surface area contributed by atoms with Crippen molar-refractivity contribution in [1.82, 2.24) is 0 Å². The van der Waals surface area contributed by atoms with Gasteiger partial charge in [-0.15, -0.1) is 0 Å². The van der Waals surface area contributed by atoms with Gasteiger partial charge >= 0.3 is 0 Å². The first kappa shape index (κ1) is 19.0. The zero-order valence-corrected chi connectivity index (χ0v) is 15.8. The second kappa shape index (κ2) is 7.70. The van der Waals surface area contributed by atoms with E-state index in [1.165, 1.54) is 43.0 Å². The fraction of sp³-hybridized carbons (Fsp3) is 0.529. The molecule has 0 fully saturated rings. The lowest BCUT2D eigenvalue weighted by atomic mass is 10.1. The Kier molecular flexibility index (Phi) is 6.09. The lowest BCUT2D eigenvalue weighted by Crippen LogP contribution is -2.10. The highest BCUT2D eigenvalue weighted by atomic mass is 32.2. The Balaban J connectivity index is 2.16. The van der Waals surface area contributed by atoms with Crippen LogP contribution in [0.5, 0.6) is 0 Å². The lowest BCUT2D eigenvalue weighted by molar-refractivity contribution is 0.600. The van der Waals surface area contributed by atoms with Crippen LogP contribution in [0.25, 0.3) is 0 Å². The van der Waals surface area contributed by atoms with E-state index in [1.54, 1.807) is 0 Å². The van der Waals surface area contributed by atoms with Crippen LogP contribution in [0.15, 0.2) is 39.6 Å². The normalized spacial score (nSPS) is 16.3. The van der Waals surface area contributed by atoms with Crippen molar-refractivity contribution in [3.63, 3.8) is 0 Å². The highest BCUT2D eigenvalue weighted by Crippen LogP contribution is 2.26. The van der Waals surface area contributed by atoms with Gasteiger partial charge in [0.2, 0.25) is 0 Å². The molecule has 7 heteroatoms. The molecule has 0 saturated heterocycles. The molecule has 0 amide bonds. The lowest BCUT2D eigenvalue weighted by Gasteiger charge is -2.13. The van der Waals surface area contributed by atoms with Crippen LogP contribution < -0.4 is 5.32 Å². The topological polar surface area (TPSA) is 80.3 Å². The molecule has 0 spiro atoms. The van der Waals surface area contributed by atoms with Crippen LogP contribution in [0.1, 0.15) is 38.5 Å². The molecular weight excluding hydrogens is 346 g/mol. The van der Waals surface area contributed by atoms with E-state index >= 15 is 0 Å². The molecule has 5 nitrogen and oxygen atoms in total. The number of nitrogens with one attached hydrogen (secondary N) is 1. The van der Waals surface area contributed by atoms with Crippen LogP contribution >= 0.6 is 0 Å². The number of hydrogen-bond acceptors (Lipinski definition) is 5. The summed E-state index contributed by atoms with van der Waals surface area (Å²) in [5, 5.41) is 3.15. The van der Waals surface area contributed by atoms with Crippen LogP contribution in [0.4, 0.5) is 5.69 Å². The fourth-order valence-corrected chi connectivity index (χ4v) is 4.45. The monoisotopic (exact) mass is 371 g/mol. The van der Waals surface area contributed by atoms with Crippen LogP contribution in [0.3, 0.4) is 0 Å². The summed E-state index contributed by atoms with van der Waals surface area (Å²) in [5.74, 6) is 0. The molecule has 0 aromatic heterocycles. The maximum Gasteiger partial charge on any atom is 0.177 e. The van der Waals surface area contributed by atoms with Gasteiger partial charge in [-0.25, -0.2) is 16.8 Å². The zero-order chi connectivity index (χ0) is 17.8. The summed E-state index contributed by atoms with van der Waals surface area (Å²) in [5.41, 5.74) is 1.87. The van der Waals surface area contributed by atoms with Crippen molar-refractivity contribution in [2.24, 2.45) is 0 Å². The third-order valence-corrected chi connectivity index (χ3v) is 6.42. The molecule has 0 atom stereocenters. The molecule has 0 heterocycles. The molecular formula is C17H25NO4S2. The number of benzene rings is 1. The van der Waals surface area contributed by atoms with Gasteiger partial charge in [0.25, 0.3) is 0 Å². The molecule has 0 aliphatic heterocycles. The van der Waals surface area contributed by atoms with E-state index in [0.717, 1.165) is 31.8 Å². The Bertz CT molecular complexity index is 824. The van der Waals surface area contributed by atoms with Gasteiger partial charge in [0.05, 0.1) is 15.5 Å². The minimum atomic E-state index is -3.52. The molecule has 134 valence electrons. The minimum absolute atomic E-state index is 0.0138. The van der Waals surface area contributed by atoms with Crippen molar-refractivity contribution in [2.45, 2.75) is 48.3 Å². The van der Waals surface area contributed by atoms with E-state index in [2.05, 4.69) is 11.4 Å². The largest absolute Gasteiger partial charge is 0.384 e. The van der Waals surface area contributed by atoms with Gasteiger partial charge in [-0.2, -0.15) is 0 Å². The van der Waals surface area contributed by atoms with Crippen LogP contribution in [0.2, 0.25) is 0 Å². The Labute approximate surface area is 145 Å². The molecule has 1 aromatic rings. The molecule has 1 aliphatic rings. The predicted molar refractivity (Wildman–Crippen MR) is 96.9 cm³/mol. The molecule has 1 aliphatic carbocycles. The van der Waals surface area contributed by atoms with Gasteiger partial charge in [-0.3, -0.25) is 0 Å². The van der Waals surface area contributed by atoms with E-state index in [0.29, 0.717) is 12.2 Å². The summed E-state index contributed by atoms with van der Waals surface area (Å²) in [4.78, 5) is 0.0419. The highest BCUT2D eigenvalue weighted by Gasteiger charge is 2.17. The van der Waals surface area contributed by atoms with Crippen LogP contribution in [0, 0.1) is 0 Å². The number of sulfone groups is 2. The summed E-state index contributed by atoms with van der Waals surface area (Å²) in [7, 11) is -6.96. The molecule has 1 aromatic carbocycles. The Morgan fingerprint density at radius 2 is 1.75 bits per heavy atom. The molecule has 0 saturated carbocycles. The Hall–Kier alpha value is -1.34. The second-order valence-corrected chi connectivity index (χ2v) is 10.3. The number of allylic oxidation sites excluding steroid dienone is 1. The summed E-state index contributed by atoms with van der Waals surface area (Å²) >= 11 is 0. The molecule has 1 N–H and O–H groups in total. The number of rotatable bonds is 6. The van der Waals surface area contributed by atoms with Gasteiger partial charge in [-0.05, 0) is 50.3 Å². The van der Waals surface area contributed by atoms with E-state index in [-0.39, 0.29) is 9.79 Å². The molecule has 0 radical (unpaired) electrons. The summed E-state index contributed by atoms with van der Waals surface area (Å²) in [6, 6.07) is 4.21. The maximum atomic E-state index is 12.0. The van der Waals surface area contributed by atoms with Crippen molar-refractivity contribution in [2.75, 3.05) is 24.4 Å². The molecule has 0 bridgehead atoms. The van der Waals surface area contributed by atoms with Gasteiger partial charge < -0.3 is 5.32 Å². The number of hydrogen-bond donors (Lipinski definition) is 1. The third kappa shape index (κ3) is 5.34. The first-order valence-electron chi connectivity index (χ1n) is 8.14. The van der Waals surface area contributed by atoms with E-state index in [4.69, 9.17) is 0 Å². The van der Waals surface area contributed by atoms with Crippen molar-refractivity contribution in [3.8, 4) is 0 Å². The van der Waals surface area contributed by atoms with Crippen molar-refractivity contribution in [3.05, 3.63) is 29.8 Å². The van der Waals surface area contributed by atoms with E-state index in [9.17, 15) is 16.8 Å². The van der Waals surface area contributed by atoms with Gasteiger partial charge in [0.1, 0.15) is 0 Å².